The van der Waals surface area contributed by atoms with Crippen molar-refractivity contribution < 1.29 is 13.2 Å². The second-order valence-electron chi connectivity index (χ2n) is 5.59. The Balaban J connectivity index is 2.22. The van der Waals surface area contributed by atoms with Gasteiger partial charge in [-0.25, -0.2) is 8.42 Å². The van der Waals surface area contributed by atoms with Crippen LogP contribution in [0.3, 0.4) is 0 Å². The van der Waals surface area contributed by atoms with Gasteiger partial charge in [-0.3, -0.25) is 9.78 Å². The molecule has 2 aromatic rings. The van der Waals surface area contributed by atoms with E-state index in [1.54, 1.807) is 38.4 Å². The minimum atomic E-state index is -3.59. The van der Waals surface area contributed by atoms with Gasteiger partial charge in [0.15, 0.2) is 0 Å². The highest BCUT2D eigenvalue weighted by Gasteiger charge is 2.22. The average Bonchev–Trinajstić information content (AvgIpc) is 2.63. The van der Waals surface area contributed by atoms with Gasteiger partial charge in [-0.05, 0) is 42.8 Å². The number of hydrogen-bond acceptors (Lipinski definition) is 4. The summed E-state index contributed by atoms with van der Waals surface area (Å²) >= 11 is 0. The molecule has 1 unspecified atom stereocenters. The first kappa shape index (κ1) is 19.1. The minimum absolute atomic E-state index is 0.125. The molecule has 0 fully saturated rings. The van der Waals surface area contributed by atoms with Crippen LogP contribution in [0, 0.1) is 0 Å². The molecular weight excluding hydrogens is 338 g/mol. The molecule has 1 aromatic carbocycles. The Labute approximate surface area is 148 Å². The Morgan fingerprint density at radius 3 is 2.40 bits per heavy atom. The van der Waals surface area contributed by atoms with Gasteiger partial charge in [0.1, 0.15) is 0 Å². The SMILES string of the molecule is CCN(CC)S(=O)(=O)c1cccc(C(=O)NC(C)c2ccncc2)c1. The van der Waals surface area contributed by atoms with E-state index >= 15 is 0 Å². The smallest absolute Gasteiger partial charge is 0.251 e. The molecule has 0 aliphatic heterocycles. The number of nitrogens with one attached hydrogen (secondary N) is 1. The van der Waals surface area contributed by atoms with Gasteiger partial charge in [0.25, 0.3) is 5.91 Å². The first-order valence-corrected chi connectivity index (χ1v) is 9.65. The lowest BCUT2D eigenvalue weighted by molar-refractivity contribution is 0.0939. The van der Waals surface area contributed by atoms with Crippen molar-refractivity contribution in [1.29, 1.82) is 0 Å². The second-order valence-corrected chi connectivity index (χ2v) is 7.53. The maximum atomic E-state index is 12.6. The van der Waals surface area contributed by atoms with Crippen LogP contribution >= 0.6 is 0 Å². The van der Waals surface area contributed by atoms with E-state index in [9.17, 15) is 13.2 Å². The Hall–Kier alpha value is -2.25. The van der Waals surface area contributed by atoms with Crippen molar-refractivity contribution in [3.63, 3.8) is 0 Å². The highest BCUT2D eigenvalue weighted by Crippen LogP contribution is 2.18. The summed E-state index contributed by atoms with van der Waals surface area (Å²) in [5.74, 6) is -0.319. The molecule has 0 spiro atoms. The summed E-state index contributed by atoms with van der Waals surface area (Å²) in [6, 6.07) is 9.56. The number of pyridine rings is 1. The zero-order chi connectivity index (χ0) is 18.4. The van der Waals surface area contributed by atoms with Gasteiger partial charge in [0.05, 0.1) is 10.9 Å². The largest absolute Gasteiger partial charge is 0.346 e. The van der Waals surface area contributed by atoms with Crippen LogP contribution < -0.4 is 5.32 Å². The van der Waals surface area contributed by atoms with Crippen LogP contribution in [-0.4, -0.2) is 36.7 Å². The number of benzene rings is 1. The lowest BCUT2D eigenvalue weighted by Gasteiger charge is -2.19. The third-order valence-electron chi connectivity index (χ3n) is 3.99. The van der Waals surface area contributed by atoms with Crippen molar-refractivity contribution in [3.8, 4) is 0 Å². The predicted molar refractivity (Wildman–Crippen MR) is 96.7 cm³/mol. The van der Waals surface area contributed by atoms with Crippen molar-refractivity contribution in [1.82, 2.24) is 14.6 Å². The Morgan fingerprint density at radius 2 is 1.80 bits per heavy atom. The van der Waals surface area contributed by atoms with Gasteiger partial charge in [-0.2, -0.15) is 4.31 Å². The Bertz CT molecular complexity index is 818. The molecule has 1 amide bonds. The minimum Gasteiger partial charge on any atom is -0.346 e. The quantitative estimate of drug-likeness (QED) is 0.822. The summed E-state index contributed by atoms with van der Waals surface area (Å²) in [6.45, 7) is 6.20. The highest BCUT2D eigenvalue weighted by atomic mass is 32.2. The molecule has 1 N–H and O–H groups in total. The van der Waals surface area contributed by atoms with Crippen LogP contribution in [0.25, 0.3) is 0 Å². The molecule has 0 saturated carbocycles. The van der Waals surface area contributed by atoms with Gasteiger partial charge < -0.3 is 5.32 Å². The maximum Gasteiger partial charge on any atom is 0.251 e. The topological polar surface area (TPSA) is 79.4 Å². The molecule has 0 radical (unpaired) electrons. The molecule has 2 rings (SSSR count). The van der Waals surface area contributed by atoms with Crippen LogP contribution in [0.4, 0.5) is 0 Å². The number of amides is 1. The zero-order valence-electron chi connectivity index (χ0n) is 14.6. The molecule has 25 heavy (non-hydrogen) atoms. The molecule has 1 atom stereocenters. The van der Waals surface area contributed by atoms with Gasteiger partial charge in [-0.15, -0.1) is 0 Å². The molecule has 1 aromatic heterocycles. The molecule has 0 bridgehead atoms. The van der Waals surface area contributed by atoms with Crippen LogP contribution in [-0.2, 0) is 10.0 Å². The standard InChI is InChI=1S/C18H23N3O3S/c1-4-21(5-2)25(23,24)17-8-6-7-16(13-17)18(22)20-14(3)15-9-11-19-12-10-15/h6-14H,4-5H2,1-3H3,(H,20,22). The number of carbonyl (C=O) groups excluding carboxylic acids is 1. The second kappa shape index (κ2) is 8.22. The van der Waals surface area contributed by atoms with E-state index in [0.717, 1.165) is 5.56 Å². The van der Waals surface area contributed by atoms with Crippen LogP contribution in [0.15, 0.2) is 53.7 Å². The number of nitrogens with zero attached hydrogens (tertiary/aromatic N) is 2. The highest BCUT2D eigenvalue weighted by molar-refractivity contribution is 7.89. The van der Waals surface area contributed by atoms with E-state index in [1.807, 2.05) is 19.1 Å². The Kier molecular flexibility index (Phi) is 6.27. The average molecular weight is 361 g/mol. The fraction of sp³-hybridized carbons (Fsp3) is 0.333. The summed E-state index contributed by atoms with van der Waals surface area (Å²) in [4.78, 5) is 16.6. The lowest BCUT2D eigenvalue weighted by atomic mass is 10.1. The predicted octanol–water partition coefficient (Wildman–Crippen LogP) is 2.60. The molecule has 0 aliphatic carbocycles. The molecular formula is C18H23N3O3S. The lowest BCUT2D eigenvalue weighted by Crippen LogP contribution is -2.31. The molecule has 1 heterocycles. The third kappa shape index (κ3) is 4.43. The van der Waals surface area contributed by atoms with Crippen molar-refractivity contribution in [3.05, 3.63) is 59.9 Å². The summed E-state index contributed by atoms with van der Waals surface area (Å²) in [5.41, 5.74) is 1.24. The molecule has 0 aliphatic rings. The summed E-state index contributed by atoms with van der Waals surface area (Å²) in [5, 5.41) is 2.87. The van der Waals surface area contributed by atoms with E-state index in [1.165, 1.54) is 16.4 Å². The van der Waals surface area contributed by atoms with E-state index in [2.05, 4.69) is 10.3 Å². The van der Waals surface area contributed by atoms with Gasteiger partial charge in [0, 0.05) is 31.0 Å². The normalized spacial score (nSPS) is 12.8. The van der Waals surface area contributed by atoms with Crippen LogP contribution in [0.1, 0.15) is 42.7 Å². The fourth-order valence-electron chi connectivity index (χ4n) is 2.53. The van der Waals surface area contributed by atoms with Gasteiger partial charge in [-0.1, -0.05) is 19.9 Å². The van der Waals surface area contributed by atoms with Crippen LogP contribution in [0.5, 0.6) is 0 Å². The van der Waals surface area contributed by atoms with Crippen molar-refractivity contribution in [2.45, 2.75) is 31.7 Å². The number of carbonyl (C=O) groups is 1. The number of rotatable bonds is 7. The third-order valence-corrected chi connectivity index (χ3v) is 6.04. The number of hydrogen-bond donors (Lipinski definition) is 1. The zero-order valence-corrected chi connectivity index (χ0v) is 15.5. The molecule has 0 saturated heterocycles. The van der Waals surface area contributed by atoms with E-state index in [-0.39, 0.29) is 16.8 Å². The van der Waals surface area contributed by atoms with E-state index < -0.39 is 10.0 Å². The summed E-state index contributed by atoms with van der Waals surface area (Å²) in [6.07, 6.45) is 3.32. The van der Waals surface area contributed by atoms with E-state index in [0.29, 0.717) is 18.7 Å². The first-order valence-electron chi connectivity index (χ1n) is 8.21. The summed E-state index contributed by atoms with van der Waals surface area (Å²) in [7, 11) is -3.59. The fourth-order valence-corrected chi connectivity index (χ4v) is 4.03. The van der Waals surface area contributed by atoms with Crippen molar-refractivity contribution in [2.75, 3.05) is 13.1 Å². The van der Waals surface area contributed by atoms with Gasteiger partial charge in [0.2, 0.25) is 10.0 Å². The maximum absolute atomic E-state index is 12.6. The molecule has 7 heteroatoms. The van der Waals surface area contributed by atoms with Crippen molar-refractivity contribution in [2.24, 2.45) is 0 Å². The van der Waals surface area contributed by atoms with E-state index in [4.69, 9.17) is 0 Å². The number of sulfonamides is 1. The Morgan fingerprint density at radius 1 is 1.16 bits per heavy atom. The number of aromatic nitrogens is 1. The first-order chi connectivity index (χ1) is 11.9. The molecule has 134 valence electrons. The summed E-state index contributed by atoms with van der Waals surface area (Å²) < 4.78 is 26.6. The van der Waals surface area contributed by atoms with Crippen LogP contribution in [0.2, 0.25) is 0 Å². The van der Waals surface area contributed by atoms with Crippen molar-refractivity contribution >= 4 is 15.9 Å². The van der Waals surface area contributed by atoms with Gasteiger partial charge >= 0.3 is 0 Å². The molecule has 6 nitrogen and oxygen atoms in total. The monoisotopic (exact) mass is 361 g/mol.